The van der Waals surface area contributed by atoms with E-state index in [1.807, 2.05) is 34.8 Å². The van der Waals surface area contributed by atoms with Crippen molar-refractivity contribution < 1.29 is 13.9 Å². The maximum absolute atomic E-state index is 13.8. The molecule has 6 nitrogen and oxygen atoms in total. The van der Waals surface area contributed by atoms with E-state index in [0.717, 1.165) is 65.5 Å². The lowest BCUT2D eigenvalue weighted by Gasteiger charge is -2.20. The summed E-state index contributed by atoms with van der Waals surface area (Å²) in [7, 11) is 0. The van der Waals surface area contributed by atoms with Gasteiger partial charge >= 0.3 is 0 Å². The molecule has 0 bridgehead atoms. The highest BCUT2D eigenvalue weighted by atomic mass is 19.1. The van der Waals surface area contributed by atoms with Gasteiger partial charge in [-0.1, -0.05) is 18.2 Å². The molecule has 0 fully saturated rings. The van der Waals surface area contributed by atoms with Gasteiger partial charge in [0.2, 0.25) is 6.79 Å². The minimum atomic E-state index is -0.275. The Labute approximate surface area is 178 Å². The van der Waals surface area contributed by atoms with Gasteiger partial charge in [-0.25, -0.2) is 9.37 Å². The van der Waals surface area contributed by atoms with E-state index in [4.69, 9.17) is 19.6 Å². The molecule has 2 aromatic carbocycles. The molecular formula is C24H21FN4O2. The molecule has 0 atom stereocenters. The zero-order valence-corrected chi connectivity index (χ0v) is 16.9. The number of nitrogens with zero attached hydrogens (tertiary/aromatic N) is 3. The van der Waals surface area contributed by atoms with E-state index < -0.39 is 0 Å². The maximum atomic E-state index is 13.8. The van der Waals surface area contributed by atoms with E-state index in [1.54, 1.807) is 6.07 Å². The van der Waals surface area contributed by atoms with Gasteiger partial charge in [-0.15, -0.1) is 0 Å². The SMILES string of the molecule is Fc1cccc(-c2cc3nc4c(c(NCc5ccc6c(c5)OCO6)n3n2)CCCC4)c1. The summed E-state index contributed by atoms with van der Waals surface area (Å²) in [4.78, 5) is 4.88. The molecule has 7 heteroatoms. The third-order valence-electron chi connectivity index (χ3n) is 5.89. The van der Waals surface area contributed by atoms with E-state index in [0.29, 0.717) is 12.2 Å². The minimum Gasteiger partial charge on any atom is -0.454 e. The van der Waals surface area contributed by atoms with Crippen LogP contribution in [0.4, 0.5) is 10.2 Å². The molecule has 156 valence electrons. The summed E-state index contributed by atoms with van der Waals surface area (Å²) in [6, 6.07) is 14.4. The number of rotatable bonds is 4. The first-order valence-electron chi connectivity index (χ1n) is 10.5. The van der Waals surface area contributed by atoms with Gasteiger partial charge in [0.25, 0.3) is 0 Å². The fourth-order valence-corrected chi connectivity index (χ4v) is 4.36. The second-order valence-corrected chi connectivity index (χ2v) is 7.94. The number of hydrogen-bond donors (Lipinski definition) is 1. The smallest absolute Gasteiger partial charge is 0.231 e. The van der Waals surface area contributed by atoms with Gasteiger partial charge in [0.15, 0.2) is 17.1 Å². The summed E-state index contributed by atoms with van der Waals surface area (Å²) in [5, 5.41) is 8.37. The Kier molecular flexibility index (Phi) is 4.26. The average Bonchev–Trinajstić information content (AvgIpc) is 3.43. The Bertz CT molecular complexity index is 1300. The summed E-state index contributed by atoms with van der Waals surface area (Å²) < 4.78 is 26.5. The molecular weight excluding hydrogens is 395 g/mol. The van der Waals surface area contributed by atoms with E-state index in [2.05, 4.69) is 5.32 Å². The quantitative estimate of drug-likeness (QED) is 0.520. The van der Waals surface area contributed by atoms with Crippen LogP contribution < -0.4 is 14.8 Å². The summed E-state index contributed by atoms with van der Waals surface area (Å²) in [6.45, 7) is 0.887. The number of hydrogen-bond acceptors (Lipinski definition) is 5. The molecule has 0 spiro atoms. The van der Waals surface area contributed by atoms with Crippen LogP contribution in [0.2, 0.25) is 0 Å². The van der Waals surface area contributed by atoms with Crippen LogP contribution in [0.3, 0.4) is 0 Å². The molecule has 6 rings (SSSR count). The number of halogens is 1. The highest BCUT2D eigenvalue weighted by Crippen LogP contribution is 2.34. The number of aryl methyl sites for hydroxylation is 1. The number of nitrogens with one attached hydrogen (secondary N) is 1. The lowest BCUT2D eigenvalue weighted by atomic mass is 9.96. The minimum absolute atomic E-state index is 0.265. The van der Waals surface area contributed by atoms with Crippen LogP contribution in [0.1, 0.15) is 29.7 Å². The Morgan fingerprint density at radius 2 is 1.90 bits per heavy atom. The summed E-state index contributed by atoms with van der Waals surface area (Å²) in [6.07, 6.45) is 4.21. The van der Waals surface area contributed by atoms with Crippen molar-refractivity contribution in [1.82, 2.24) is 14.6 Å². The second kappa shape index (κ2) is 7.27. The standard InChI is InChI=1S/C24H21FN4O2/c25-17-5-3-4-16(11-17)20-12-23-27-19-7-2-1-6-18(19)24(29(23)28-20)26-13-15-8-9-21-22(10-15)31-14-30-21/h3-5,8-12,26H,1-2,6-7,13-14H2. The van der Waals surface area contributed by atoms with Crippen molar-refractivity contribution in [3.05, 3.63) is 71.2 Å². The topological polar surface area (TPSA) is 60.7 Å². The Hall–Kier alpha value is -3.61. The van der Waals surface area contributed by atoms with Gasteiger partial charge < -0.3 is 14.8 Å². The van der Waals surface area contributed by atoms with Gasteiger partial charge in [-0.05, 0) is 55.5 Å². The zero-order chi connectivity index (χ0) is 20.8. The highest BCUT2D eigenvalue weighted by molar-refractivity contribution is 5.67. The number of fused-ring (bicyclic) bond motifs is 3. The molecule has 31 heavy (non-hydrogen) atoms. The van der Waals surface area contributed by atoms with Crippen LogP contribution in [-0.2, 0) is 19.4 Å². The van der Waals surface area contributed by atoms with Crippen molar-refractivity contribution in [2.45, 2.75) is 32.2 Å². The Morgan fingerprint density at radius 1 is 1.00 bits per heavy atom. The second-order valence-electron chi connectivity index (χ2n) is 7.94. The van der Waals surface area contributed by atoms with Gasteiger partial charge in [-0.2, -0.15) is 9.61 Å². The van der Waals surface area contributed by atoms with Crippen LogP contribution in [0.5, 0.6) is 11.5 Å². The van der Waals surface area contributed by atoms with E-state index in [1.165, 1.54) is 17.7 Å². The van der Waals surface area contributed by atoms with Crippen LogP contribution in [0.25, 0.3) is 16.9 Å². The van der Waals surface area contributed by atoms with Gasteiger partial charge in [0, 0.05) is 29.4 Å². The fraction of sp³-hybridized carbons (Fsp3) is 0.250. The lowest BCUT2D eigenvalue weighted by Crippen LogP contribution is -2.15. The predicted octanol–water partition coefficient (Wildman–Crippen LogP) is 4.76. The van der Waals surface area contributed by atoms with Crippen molar-refractivity contribution in [3.63, 3.8) is 0 Å². The maximum Gasteiger partial charge on any atom is 0.231 e. The first-order chi connectivity index (χ1) is 15.2. The molecule has 3 heterocycles. The van der Waals surface area contributed by atoms with Gasteiger partial charge in [0.1, 0.15) is 11.6 Å². The molecule has 0 amide bonds. The summed E-state index contributed by atoms with van der Waals surface area (Å²) >= 11 is 0. The van der Waals surface area contributed by atoms with Crippen molar-refractivity contribution in [3.8, 4) is 22.8 Å². The molecule has 0 unspecified atom stereocenters. The normalized spacial score (nSPS) is 14.6. The van der Waals surface area contributed by atoms with Gasteiger partial charge in [0.05, 0.1) is 5.69 Å². The van der Waals surface area contributed by atoms with E-state index >= 15 is 0 Å². The van der Waals surface area contributed by atoms with Crippen molar-refractivity contribution in [2.75, 3.05) is 12.1 Å². The Morgan fingerprint density at radius 3 is 2.84 bits per heavy atom. The largest absolute Gasteiger partial charge is 0.454 e. The highest BCUT2D eigenvalue weighted by Gasteiger charge is 2.21. The van der Waals surface area contributed by atoms with Crippen LogP contribution in [-0.4, -0.2) is 21.4 Å². The number of ether oxygens (including phenoxy) is 2. The van der Waals surface area contributed by atoms with E-state index in [-0.39, 0.29) is 12.6 Å². The number of aromatic nitrogens is 3. The van der Waals surface area contributed by atoms with Crippen LogP contribution >= 0.6 is 0 Å². The number of benzene rings is 2. The van der Waals surface area contributed by atoms with E-state index in [9.17, 15) is 4.39 Å². The average molecular weight is 416 g/mol. The molecule has 0 saturated heterocycles. The van der Waals surface area contributed by atoms with Crippen molar-refractivity contribution >= 4 is 11.5 Å². The molecule has 2 aromatic heterocycles. The third kappa shape index (κ3) is 3.26. The zero-order valence-electron chi connectivity index (χ0n) is 16.9. The lowest BCUT2D eigenvalue weighted by molar-refractivity contribution is 0.174. The van der Waals surface area contributed by atoms with Crippen molar-refractivity contribution in [2.24, 2.45) is 0 Å². The van der Waals surface area contributed by atoms with Crippen LogP contribution in [0, 0.1) is 5.82 Å². The predicted molar refractivity (Wildman–Crippen MR) is 115 cm³/mol. The first-order valence-corrected chi connectivity index (χ1v) is 10.5. The Balaban J connectivity index is 1.40. The molecule has 1 aliphatic heterocycles. The molecule has 4 aromatic rings. The monoisotopic (exact) mass is 416 g/mol. The molecule has 0 saturated carbocycles. The first kappa shape index (κ1) is 18.2. The fourth-order valence-electron chi connectivity index (χ4n) is 4.36. The summed E-state index contributed by atoms with van der Waals surface area (Å²) in [5.74, 6) is 2.23. The van der Waals surface area contributed by atoms with Crippen molar-refractivity contribution in [1.29, 1.82) is 0 Å². The molecule has 0 radical (unpaired) electrons. The van der Waals surface area contributed by atoms with Crippen LogP contribution in [0.15, 0.2) is 48.5 Å². The molecule has 1 aliphatic carbocycles. The molecule has 1 N–H and O–H groups in total. The summed E-state index contributed by atoms with van der Waals surface area (Å²) in [5.41, 5.74) is 5.65. The third-order valence-corrected chi connectivity index (χ3v) is 5.89. The number of anilines is 1. The molecule has 2 aliphatic rings. The van der Waals surface area contributed by atoms with Gasteiger partial charge in [-0.3, -0.25) is 0 Å².